The average Bonchev–Trinajstić information content (AvgIpc) is 2.16. The van der Waals surface area contributed by atoms with Crippen molar-refractivity contribution in [1.82, 2.24) is 0 Å². The van der Waals surface area contributed by atoms with Crippen LogP contribution in [-0.4, -0.2) is 17.4 Å². The maximum absolute atomic E-state index is 10.7. The number of nitriles is 1. The van der Waals surface area contributed by atoms with Crippen molar-refractivity contribution in [2.45, 2.75) is 0 Å². The SMILES string of the molecule is N#Cc1cc(Br)c(C=O)c(C(=O)O)c1. The first-order valence-electron chi connectivity index (χ1n) is 3.52. The highest BCUT2D eigenvalue weighted by Gasteiger charge is 2.14. The van der Waals surface area contributed by atoms with Gasteiger partial charge in [-0.05, 0) is 28.1 Å². The Morgan fingerprint density at radius 1 is 1.57 bits per heavy atom. The van der Waals surface area contributed by atoms with Crippen molar-refractivity contribution in [3.05, 3.63) is 33.3 Å². The van der Waals surface area contributed by atoms with E-state index in [0.717, 1.165) is 6.07 Å². The van der Waals surface area contributed by atoms with Gasteiger partial charge < -0.3 is 5.11 Å². The number of rotatable bonds is 2. The Bertz CT molecular complexity index is 448. The summed E-state index contributed by atoms with van der Waals surface area (Å²) in [7, 11) is 0. The molecule has 0 spiro atoms. The van der Waals surface area contributed by atoms with E-state index in [4.69, 9.17) is 10.4 Å². The van der Waals surface area contributed by atoms with Crippen LogP contribution in [0.3, 0.4) is 0 Å². The van der Waals surface area contributed by atoms with Gasteiger partial charge in [0.25, 0.3) is 0 Å². The lowest BCUT2D eigenvalue weighted by atomic mass is 10.1. The van der Waals surface area contributed by atoms with Crippen LogP contribution in [0.1, 0.15) is 26.3 Å². The van der Waals surface area contributed by atoms with Crippen LogP contribution in [0.5, 0.6) is 0 Å². The molecule has 0 heterocycles. The van der Waals surface area contributed by atoms with Gasteiger partial charge in [0.05, 0.1) is 17.2 Å². The van der Waals surface area contributed by atoms with Crippen LogP contribution in [0.2, 0.25) is 0 Å². The van der Waals surface area contributed by atoms with Crippen LogP contribution in [0.25, 0.3) is 0 Å². The fourth-order valence-corrected chi connectivity index (χ4v) is 1.53. The van der Waals surface area contributed by atoms with Gasteiger partial charge in [-0.1, -0.05) is 0 Å². The lowest BCUT2D eigenvalue weighted by Crippen LogP contribution is -2.03. The van der Waals surface area contributed by atoms with E-state index < -0.39 is 5.97 Å². The second kappa shape index (κ2) is 4.03. The zero-order chi connectivity index (χ0) is 10.7. The third-order valence-corrected chi connectivity index (χ3v) is 2.26. The molecule has 1 aromatic rings. The predicted octanol–water partition coefficient (Wildman–Crippen LogP) is 1.83. The van der Waals surface area contributed by atoms with Gasteiger partial charge in [-0.2, -0.15) is 5.26 Å². The van der Waals surface area contributed by atoms with E-state index in [0.29, 0.717) is 10.8 Å². The fraction of sp³-hybridized carbons (Fsp3) is 0. The van der Waals surface area contributed by atoms with Crippen LogP contribution in [-0.2, 0) is 0 Å². The van der Waals surface area contributed by atoms with Gasteiger partial charge in [0.1, 0.15) is 0 Å². The molecule has 0 unspecified atom stereocenters. The quantitative estimate of drug-likeness (QED) is 0.816. The van der Waals surface area contributed by atoms with Gasteiger partial charge >= 0.3 is 5.97 Å². The van der Waals surface area contributed by atoms with Crippen LogP contribution in [0.15, 0.2) is 16.6 Å². The number of carbonyl (C=O) groups excluding carboxylic acids is 1. The topological polar surface area (TPSA) is 78.2 Å². The first kappa shape index (κ1) is 10.4. The molecule has 1 rings (SSSR count). The molecule has 0 atom stereocenters. The molecular weight excluding hydrogens is 250 g/mol. The minimum Gasteiger partial charge on any atom is -0.478 e. The van der Waals surface area contributed by atoms with Crippen molar-refractivity contribution in [3.8, 4) is 6.07 Å². The number of aromatic carboxylic acids is 1. The van der Waals surface area contributed by atoms with Crippen LogP contribution in [0.4, 0.5) is 0 Å². The van der Waals surface area contributed by atoms with Gasteiger partial charge in [0.2, 0.25) is 0 Å². The summed E-state index contributed by atoms with van der Waals surface area (Å²) in [5.41, 5.74) is 0.0577. The zero-order valence-corrected chi connectivity index (χ0v) is 8.41. The Balaban J connectivity index is 3.53. The summed E-state index contributed by atoms with van der Waals surface area (Å²) in [5.74, 6) is -1.23. The molecule has 0 aliphatic rings. The maximum Gasteiger partial charge on any atom is 0.336 e. The molecule has 14 heavy (non-hydrogen) atoms. The van der Waals surface area contributed by atoms with E-state index >= 15 is 0 Å². The molecule has 0 aliphatic carbocycles. The largest absolute Gasteiger partial charge is 0.478 e. The number of nitrogens with zero attached hydrogens (tertiary/aromatic N) is 1. The van der Waals surface area contributed by atoms with Crippen molar-refractivity contribution in [1.29, 1.82) is 5.26 Å². The standard InChI is InChI=1S/C9H4BrNO3/c10-8-2-5(3-11)1-6(9(13)14)7(8)4-12/h1-2,4H,(H,13,14). The van der Waals surface area contributed by atoms with Crippen molar-refractivity contribution in [2.75, 3.05) is 0 Å². The van der Waals surface area contributed by atoms with Gasteiger partial charge in [-0.15, -0.1) is 0 Å². The summed E-state index contributed by atoms with van der Waals surface area (Å²) in [4.78, 5) is 21.3. The molecule has 0 amide bonds. The monoisotopic (exact) mass is 253 g/mol. The third kappa shape index (κ3) is 1.80. The average molecular weight is 254 g/mol. The minimum atomic E-state index is -1.23. The molecule has 4 nitrogen and oxygen atoms in total. The van der Waals surface area contributed by atoms with E-state index in [2.05, 4.69) is 15.9 Å². The Morgan fingerprint density at radius 2 is 2.21 bits per heavy atom. The zero-order valence-electron chi connectivity index (χ0n) is 6.82. The van der Waals surface area contributed by atoms with Crippen LogP contribution >= 0.6 is 15.9 Å². The molecule has 0 radical (unpaired) electrons. The molecule has 0 fully saturated rings. The highest BCUT2D eigenvalue weighted by Crippen LogP contribution is 2.21. The second-order valence-electron chi connectivity index (χ2n) is 2.45. The van der Waals surface area contributed by atoms with Crippen molar-refractivity contribution < 1.29 is 14.7 Å². The molecule has 1 N–H and O–H groups in total. The molecule has 0 aliphatic heterocycles. The number of carbonyl (C=O) groups is 2. The highest BCUT2D eigenvalue weighted by molar-refractivity contribution is 9.10. The number of aldehydes is 1. The minimum absolute atomic E-state index is 0.0384. The molecule has 0 saturated heterocycles. The lowest BCUT2D eigenvalue weighted by Gasteiger charge is -2.02. The summed E-state index contributed by atoms with van der Waals surface area (Å²) in [5, 5.41) is 17.3. The van der Waals surface area contributed by atoms with Gasteiger partial charge in [-0.25, -0.2) is 4.79 Å². The lowest BCUT2D eigenvalue weighted by molar-refractivity contribution is 0.0694. The van der Waals surface area contributed by atoms with E-state index in [9.17, 15) is 9.59 Å². The highest BCUT2D eigenvalue weighted by atomic mass is 79.9. The Hall–Kier alpha value is -1.67. The molecule has 1 aromatic carbocycles. The van der Waals surface area contributed by atoms with Crippen molar-refractivity contribution in [2.24, 2.45) is 0 Å². The molecular formula is C9H4BrNO3. The van der Waals surface area contributed by atoms with Gasteiger partial charge in [-0.3, -0.25) is 4.79 Å². The van der Waals surface area contributed by atoms with E-state index in [1.807, 2.05) is 0 Å². The molecule has 0 aromatic heterocycles. The summed E-state index contributed by atoms with van der Waals surface area (Å²) in [6.07, 6.45) is 0.439. The number of hydrogen-bond donors (Lipinski definition) is 1. The summed E-state index contributed by atoms with van der Waals surface area (Å²) in [6.45, 7) is 0. The maximum atomic E-state index is 10.7. The summed E-state index contributed by atoms with van der Waals surface area (Å²) < 4.78 is 0.309. The number of hydrogen-bond acceptors (Lipinski definition) is 3. The third-order valence-electron chi connectivity index (χ3n) is 1.61. The number of benzene rings is 1. The first-order chi connectivity index (χ1) is 6.60. The number of carboxylic acids is 1. The van der Waals surface area contributed by atoms with E-state index in [1.165, 1.54) is 6.07 Å². The number of halogens is 1. The van der Waals surface area contributed by atoms with E-state index in [1.54, 1.807) is 6.07 Å². The van der Waals surface area contributed by atoms with Crippen LogP contribution in [0, 0.1) is 11.3 Å². The van der Waals surface area contributed by atoms with Gasteiger partial charge in [0.15, 0.2) is 6.29 Å². The first-order valence-corrected chi connectivity index (χ1v) is 4.31. The van der Waals surface area contributed by atoms with Gasteiger partial charge in [0, 0.05) is 10.0 Å². The van der Waals surface area contributed by atoms with Crippen LogP contribution < -0.4 is 0 Å². The smallest absolute Gasteiger partial charge is 0.336 e. The molecule has 0 bridgehead atoms. The Kier molecular flexibility index (Phi) is 2.99. The summed E-state index contributed by atoms with van der Waals surface area (Å²) in [6, 6.07) is 4.37. The fourth-order valence-electron chi connectivity index (χ4n) is 0.979. The Morgan fingerprint density at radius 3 is 2.64 bits per heavy atom. The molecule has 70 valence electrons. The van der Waals surface area contributed by atoms with Crippen molar-refractivity contribution in [3.63, 3.8) is 0 Å². The van der Waals surface area contributed by atoms with E-state index in [-0.39, 0.29) is 16.7 Å². The predicted molar refractivity (Wildman–Crippen MR) is 51.2 cm³/mol. The van der Waals surface area contributed by atoms with Crippen molar-refractivity contribution >= 4 is 28.2 Å². The molecule has 5 heteroatoms. The number of carboxylic acid groups (broad SMARTS) is 1. The second-order valence-corrected chi connectivity index (χ2v) is 3.31. The molecule has 0 saturated carbocycles. The normalized spacial score (nSPS) is 9.14. The Labute approximate surface area is 87.9 Å². The summed E-state index contributed by atoms with van der Waals surface area (Å²) >= 11 is 3.02.